The molecule has 0 radical (unpaired) electrons. The SMILES string of the molecule is COCC(=O)N1CC[C@@H]2[C@@H](c3ccccc3)N(C(C)=O)C[C@]2(NC(C)=O)C1. The van der Waals surface area contributed by atoms with Gasteiger partial charge in [-0.1, -0.05) is 30.3 Å². The Morgan fingerprint density at radius 1 is 1.19 bits per heavy atom. The van der Waals surface area contributed by atoms with Crippen molar-refractivity contribution in [3.63, 3.8) is 0 Å². The van der Waals surface area contributed by atoms with Crippen LogP contribution in [0.2, 0.25) is 0 Å². The van der Waals surface area contributed by atoms with Gasteiger partial charge in [-0.15, -0.1) is 0 Å². The fourth-order valence-electron chi connectivity index (χ4n) is 4.67. The van der Waals surface area contributed by atoms with Crippen LogP contribution in [-0.4, -0.2) is 66.4 Å². The molecule has 0 bridgehead atoms. The number of piperidine rings is 1. The molecule has 1 aromatic carbocycles. The van der Waals surface area contributed by atoms with Crippen molar-refractivity contribution in [2.75, 3.05) is 33.4 Å². The summed E-state index contributed by atoms with van der Waals surface area (Å²) in [6.07, 6.45) is 0.707. The summed E-state index contributed by atoms with van der Waals surface area (Å²) in [5, 5.41) is 3.10. The van der Waals surface area contributed by atoms with Gasteiger partial charge in [0.25, 0.3) is 0 Å². The molecule has 0 aromatic heterocycles. The molecular formula is C20H27N3O4. The summed E-state index contributed by atoms with van der Waals surface area (Å²) in [4.78, 5) is 40.4. The first-order chi connectivity index (χ1) is 12.9. The van der Waals surface area contributed by atoms with E-state index in [0.717, 1.165) is 5.56 Å². The van der Waals surface area contributed by atoms with E-state index >= 15 is 0 Å². The van der Waals surface area contributed by atoms with E-state index in [-0.39, 0.29) is 36.3 Å². The Morgan fingerprint density at radius 3 is 2.48 bits per heavy atom. The molecule has 0 unspecified atom stereocenters. The van der Waals surface area contributed by atoms with E-state index < -0.39 is 5.54 Å². The van der Waals surface area contributed by atoms with Gasteiger partial charge in [-0.05, 0) is 12.0 Å². The second-order valence-corrected chi connectivity index (χ2v) is 7.48. The number of rotatable bonds is 4. The van der Waals surface area contributed by atoms with Crippen LogP contribution in [0, 0.1) is 5.92 Å². The molecule has 0 aliphatic carbocycles. The lowest BCUT2D eigenvalue weighted by Crippen LogP contribution is -2.64. The van der Waals surface area contributed by atoms with Crippen LogP contribution < -0.4 is 5.32 Å². The molecule has 1 N–H and O–H groups in total. The number of ether oxygens (including phenoxy) is 1. The highest BCUT2D eigenvalue weighted by molar-refractivity contribution is 5.79. The first-order valence-corrected chi connectivity index (χ1v) is 9.25. The minimum atomic E-state index is -0.653. The van der Waals surface area contributed by atoms with Crippen molar-refractivity contribution < 1.29 is 19.1 Å². The highest BCUT2D eigenvalue weighted by Gasteiger charge is 2.57. The van der Waals surface area contributed by atoms with Crippen LogP contribution in [-0.2, 0) is 19.1 Å². The largest absolute Gasteiger partial charge is 0.375 e. The van der Waals surface area contributed by atoms with Crippen molar-refractivity contribution in [3.05, 3.63) is 35.9 Å². The molecule has 1 aromatic rings. The highest BCUT2D eigenvalue weighted by atomic mass is 16.5. The van der Waals surface area contributed by atoms with E-state index in [4.69, 9.17) is 4.74 Å². The molecule has 3 amide bonds. The number of carbonyl (C=O) groups excluding carboxylic acids is 3. The number of nitrogens with zero attached hydrogens (tertiary/aromatic N) is 2. The maximum atomic E-state index is 12.4. The lowest BCUT2D eigenvalue weighted by atomic mass is 9.75. The van der Waals surface area contributed by atoms with Crippen molar-refractivity contribution >= 4 is 17.7 Å². The van der Waals surface area contributed by atoms with Gasteiger partial charge in [0.1, 0.15) is 6.61 Å². The van der Waals surface area contributed by atoms with Gasteiger partial charge in [-0.25, -0.2) is 0 Å². The van der Waals surface area contributed by atoms with Gasteiger partial charge in [0.15, 0.2) is 0 Å². The fourth-order valence-corrected chi connectivity index (χ4v) is 4.67. The Hall–Kier alpha value is -2.41. The topological polar surface area (TPSA) is 79.0 Å². The second-order valence-electron chi connectivity index (χ2n) is 7.48. The summed E-state index contributed by atoms with van der Waals surface area (Å²) in [6.45, 7) is 4.41. The number of hydrogen-bond donors (Lipinski definition) is 1. The zero-order valence-corrected chi connectivity index (χ0v) is 16.1. The van der Waals surface area contributed by atoms with E-state index in [0.29, 0.717) is 26.1 Å². The third-order valence-corrected chi connectivity index (χ3v) is 5.65. The Bertz CT molecular complexity index is 723. The Balaban J connectivity index is 1.99. The molecule has 2 saturated heterocycles. The zero-order chi connectivity index (χ0) is 19.6. The van der Waals surface area contributed by atoms with Gasteiger partial charge in [0.05, 0.1) is 11.6 Å². The van der Waals surface area contributed by atoms with Crippen molar-refractivity contribution in [1.29, 1.82) is 0 Å². The van der Waals surface area contributed by atoms with Gasteiger partial charge in [-0.2, -0.15) is 0 Å². The van der Waals surface area contributed by atoms with Gasteiger partial charge >= 0.3 is 0 Å². The van der Waals surface area contributed by atoms with Crippen LogP contribution in [0.4, 0.5) is 0 Å². The third-order valence-electron chi connectivity index (χ3n) is 5.65. The molecule has 27 heavy (non-hydrogen) atoms. The molecule has 2 aliphatic rings. The van der Waals surface area contributed by atoms with Gasteiger partial charge < -0.3 is 19.9 Å². The first kappa shape index (κ1) is 19.4. The lowest BCUT2D eigenvalue weighted by molar-refractivity contribution is -0.139. The monoisotopic (exact) mass is 373 g/mol. The lowest BCUT2D eigenvalue weighted by Gasteiger charge is -2.45. The highest BCUT2D eigenvalue weighted by Crippen LogP contribution is 2.47. The molecule has 0 saturated carbocycles. The average Bonchev–Trinajstić information content (AvgIpc) is 2.96. The Kier molecular flexibility index (Phi) is 5.51. The summed E-state index contributed by atoms with van der Waals surface area (Å²) in [5.74, 6) is -0.242. The molecule has 0 spiro atoms. The van der Waals surface area contributed by atoms with Crippen LogP contribution in [0.1, 0.15) is 31.9 Å². The molecule has 3 rings (SSSR count). The van der Waals surface area contributed by atoms with Gasteiger partial charge in [-0.3, -0.25) is 14.4 Å². The number of likely N-dealkylation sites (tertiary alicyclic amines) is 2. The maximum absolute atomic E-state index is 12.4. The van der Waals surface area contributed by atoms with E-state index in [1.54, 1.807) is 11.8 Å². The van der Waals surface area contributed by atoms with Crippen LogP contribution in [0.3, 0.4) is 0 Å². The van der Waals surface area contributed by atoms with E-state index in [2.05, 4.69) is 5.32 Å². The number of nitrogens with one attached hydrogen (secondary N) is 1. The van der Waals surface area contributed by atoms with Crippen LogP contribution >= 0.6 is 0 Å². The smallest absolute Gasteiger partial charge is 0.248 e. The average molecular weight is 373 g/mol. The summed E-state index contributed by atoms with van der Waals surface area (Å²) >= 11 is 0. The molecule has 2 fully saturated rings. The molecule has 3 atom stereocenters. The summed E-state index contributed by atoms with van der Waals surface area (Å²) in [5.41, 5.74) is 0.404. The van der Waals surface area contributed by atoms with Crippen molar-refractivity contribution in [3.8, 4) is 0 Å². The predicted molar refractivity (Wildman–Crippen MR) is 99.7 cm³/mol. The van der Waals surface area contributed by atoms with Crippen LogP contribution in [0.15, 0.2) is 30.3 Å². The molecule has 7 nitrogen and oxygen atoms in total. The summed E-state index contributed by atoms with van der Waals surface area (Å²) < 4.78 is 4.99. The summed E-state index contributed by atoms with van der Waals surface area (Å²) in [6, 6.07) is 9.80. The number of benzene rings is 1. The number of fused-ring (bicyclic) bond motifs is 1. The van der Waals surface area contributed by atoms with Gasteiger partial charge in [0.2, 0.25) is 17.7 Å². The Labute approximate surface area is 159 Å². The standard InChI is InChI=1S/C20H27N3O4/c1-14(24)21-20-12-22(18(26)11-27-3)10-9-17(20)19(23(13-20)15(2)25)16-7-5-4-6-8-16/h4-8,17,19H,9-13H2,1-3H3,(H,21,24)/t17-,19-,20-/m1/s1. The normalized spacial score (nSPS) is 27.2. The number of carbonyl (C=O) groups is 3. The second kappa shape index (κ2) is 7.68. The number of hydrogen-bond acceptors (Lipinski definition) is 4. The van der Waals surface area contributed by atoms with Crippen molar-refractivity contribution in [2.24, 2.45) is 5.92 Å². The minimum absolute atomic E-state index is 0.0132. The molecule has 2 aliphatic heterocycles. The molecule has 2 heterocycles. The quantitative estimate of drug-likeness (QED) is 0.853. The molecule has 7 heteroatoms. The predicted octanol–water partition coefficient (Wildman–Crippen LogP) is 0.960. The number of methoxy groups -OCH3 is 1. The molecule has 146 valence electrons. The zero-order valence-electron chi connectivity index (χ0n) is 16.1. The summed E-state index contributed by atoms with van der Waals surface area (Å²) in [7, 11) is 1.49. The maximum Gasteiger partial charge on any atom is 0.248 e. The number of amides is 3. The van der Waals surface area contributed by atoms with E-state index in [1.807, 2.05) is 35.2 Å². The van der Waals surface area contributed by atoms with E-state index in [1.165, 1.54) is 14.0 Å². The van der Waals surface area contributed by atoms with E-state index in [9.17, 15) is 14.4 Å². The van der Waals surface area contributed by atoms with Gasteiger partial charge in [0, 0.05) is 46.5 Å². The molecular weight excluding hydrogens is 346 g/mol. The third kappa shape index (κ3) is 3.69. The van der Waals surface area contributed by atoms with Crippen molar-refractivity contribution in [2.45, 2.75) is 31.8 Å². The van der Waals surface area contributed by atoms with Crippen LogP contribution in [0.25, 0.3) is 0 Å². The Morgan fingerprint density at radius 2 is 1.89 bits per heavy atom. The minimum Gasteiger partial charge on any atom is -0.375 e. The van der Waals surface area contributed by atoms with Crippen LogP contribution in [0.5, 0.6) is 0 Å². The fraction of sp³-hybridized carbons (Fsp3) is 0.550. The first-order valence-electron chi connectivity index (χ1n) is 9.25. The van der Waals surface area contributed by atoms with Crippen molar-refractivity contribution in [1.82, 2.24) is 15.1 Å².